The van der Waals surface area contributed by atoms with E-state index in [-0.39, 0.29) is 17.5 Å². The second-order valence-electron chi connectivity index (χ2n) is 6.16. The van der Waals surface area contributed by atoms with Gasteiger partial charge in [-0.05, 0) is 31.7 Å². The molecular formula is C17H19F2N5O. The highest BCUT2D eigenvalue weighted by molar-refractivity contribution is 5.94. The summed E-state index contributed by atoms with van der Waals surface area (Å²) in [5.74, 6) is -0.853. The molecule has 1 aliphatic rings. The Labute approximate surface area is 144 Å². The van der Waals surface area contributed by atoms with Crippen molar-refractivity contribution in [1.82, 2.24) is 19.8 Å². The van der Waals surface area contributed by atoms with Gasteiger partial charge in [0.05, 0.1) is 6.54 Å². The van der Waals surface area contributed by atoms with Crippen LogP contribution in [-0.4, -0.2) is 51.9 Å². The molecule has 1 saturated heterocycles. The quantitative estimate of drug-likeness (QED) is 0.911. The zero-order valence-electron chi connectivity index (χ0n) is 13.8. The summed E-state index contributed by atoms with van der Waals surface area (Å²) < 4.78 is 26.6. The number of carbonyl (C=O) groups excluding carboxylic acids is 1. The van der Waals surface area contributed by atoms with E-state index in [1.54, 1.807) is 17.2 Å². The minimum Gasteiger partial charge on any atom is -0.384 e. The number of likely N-dealkylation sites (N-methyl/N-ethyl adjacent to an activating group) is 1. The number of hydrogen-bond acceptors (Lipinski definition) is 5. The number of anilines is 1. The summed E-state index contributed by atoms with van der Waals surface area (Å²) >= 11 is 0. The Balaban J connectivity index is 1.63. The molecule has 2 heterocycles. The number of nitrogens with two attached hydrogens (primary N) is 1. The summed E-state index contributed by atoms with van der Waals surface area (Å²) in [5.41, 5.74) is 5.68. The van der Waals surface area contributed by atoms with Gasteiger partial charge < -0.3 is 10.6 Å². The molecule has 1 aliphatic heterocycles. The summed E-state index contributed by atoms with van der Waals surface area (Å²) in [7, 11) is 1.92. The second kappa shape index (κ2) is 7.10. The van der Waals surface area contributed by atoms with Gasteiger partial charge in [-0.3, -0.25) is 9.69 Å². The maximum Gasteiger partial charge on any atom is 0.254 e. The third-order valence-electron chi connectivity index (χ3n) is 4.30. The number of nitrogens with zero attached hydrogens (tertiary/aromatic N) is 4. The lowest BCUT2D eigenvalue weighted by atomic mass is 10.2. The molecule has 0 unspecified atom stereocenters. The van der Waals surface area contributed by atoms with Gasteiger partial charge in [-0.2, -0.15) is 0 Å². The molecule has 1 amide bonds. The lowest BCUT2D eigenvalue weighted by molar-refractivity contribution is 0.0778. The van der Waals surface area contributed by atoms with Crippen molar-refractivity contribution >= 4 is 11.7 Å². The van der Waals surface area contributed by atoms with Gasteiger partial charge in [0.15, 0.2) is 0 Å². The number of carbonyl (C=O) groups is 1. The van der Waals surface area contributed by atoms with Crippen LogP contribution in [0.5, 0.6) is 0 Å². The third kappa shape index (κ3) is 4.08. The molecule has 0 bridgehead atoms. The average Bonchev–Trinajstić information content (AvgIpc) is 3.03. The molecule has 1 fully saturated rings. The van der Waals surface area contributed by atoms with Crippen molar-refractivity contribution < 1.29 is 13.6 Å². The van der Waals surface area contributed by atoms with Gasteiger partial charge in [-0.15, -0.1) is 0 Å². The fourth-order valence-corrected chi connectivity index (χ4v) is 2.99. The first kappa shape index (κ1) is 17.2. The van der Waals surface area contributed by atoms with Crippen molar-refractivity contribution in [3.63, 3.8) is 0 Å². The van der Waals surface area contributed by atoms with Crippen molar-refractivity contribution in [3.05, 3.63) is 53.5 Å². The van der Waals surface area contributed by atoms with E-state index in [4.69, 9.17) is 5.73 Å². The Bertz CT molecular complexity index is 765. The molecule has 1 aromatic heterocycles. The van der Waals surface area contributed by atoms with Gasteiger partial charge in [0.1, 0.15) is 23.3 Å². The van der Waals surface area contributed by atoms with Crippen LogP contribution in [0.2, 0.25) is 0 Å². The van der Waals surface area contributed by atoms with E-state index in [1.165, 1.54) is 0 Å². The fraction of sp³-hybridized carbons (Fsp3) is 0.353. The summed E-state index contributed by atoms with van der Waals surface area (Å²) in [6.45, 7) is 1.52. The predicted octanol–water partition coefficient (Wildman–Crippen LogP) is 1.68. The van der Waals surface area contributed by atoms with Crippen LogP contribution in [0.3, 0.4) is 0 Å². The molecule has 3 rings (SSSR count). The Kier molecular flexibility index (Phi) is 4.89. The van der Waals surface area contributed by atoms with Gasteiger partial charge in [0.2, 0.25) is 0 Å². The van der Waals surface area contributed by atoms with E-state index in [2.05, 4.69) is 9.97 Å². The van der Waals surface area contributed by atoms with Crippen LogP contribution >= 0.6 is 0 Å². The van der Waals surface area contributed by atoms with Gasteiger partial charge in [0.25, 0.3) is 5.91 Å². The predicted molar refractivity (Wildman–Crippen MR) is 88.6 cm³/mol. The fourth-order valence-electron chi connectivity index (χ4n) is 2.99. The molecule has 0 spiro atoms. The molecule has 6 nitrogen and oxygen atoms in total. The van der Waals surface area contributed by atoms with Crippen LogP contribution < -0.4 is 5.73 Å². The molecule has 0 radical (unpaired) electrons. The van der Waals surface area contributed by atoms with Crippen LogP contribution in [0.4, 0.5) is 14.6 Å². The molecule has 2 N–H and O–H groups in total. The van der Waals surface area contributed by atoms with E-state index < -0.39 is 11.6 Å². The topological polar surface area (TPSA) is 75.4 Å². The third-order valence-corrected chi connectivity index (χ3v) is 4.30. The van der Waals surface area contributed by atoms with E-state index >= 15 is 0 Å². The van der Waals surface area contributed by atoms with Gasteiger partial charge in [-0.25, -0.2) is 18.7 Å². The smallest absolute Gasteiger partial charge is 0.254 e. The number of amides is 1. The normalized spacial score (nSPS) is 17.3. The Morgan fingerprint density at radius 2 is 2.08 bits per heavy atom. The van der Waals surface area contributed by atoms with Crippen molar-refractivity contribution in [2.75, 3.05) is 25.9 Å². The van der Waals surface area contributed by atoms with E-state index in [0.717, 1.165) is 24.6 Å². The van der Waals surface area contributed by atoms with Gasteiger partial charge in [-0.1, -0.05) is 0 Å². The lowest BCUT2D eigenvalue weighted by Crippen LogP contribution is -2.36. The Hall–Kier alpha value is -2.61. The summed E-state index contributed by atoms with van der Waals surface area (Å²) in [5, 5.41) is 0. The highest BCUT2D eigenvalue weighted by Crippen LogP contribution is 2.19. The van der Waals surface area contributed by atoms with Crippen molar-refractivity contribution in [3.8, 4) is 0 Å². The first-order valence-corrected chi connectivity index (χ1v) is 7.95. The maximum atomic E-state index is 13.3. The molecule has 1 atom stereocenters. The molecule has 25 heavy (non-hydrogen) atoms. The van der Waals surface area contributed by atoms with Crippen LogP contribution in [0.15, 0.2) is 30.5 Å². The molecule has 8 heteroatoms. The highest BCUT2D eigenvalue weighted by Gasteiger charge is 2.30. The molecular weight excluding hydrogens is 328 g/mol. The minimum absolute atomic E-state index is 0.0277. The van der Waals surface area contributed by atoms with Crippen molar-refractivity contribution in [2.45, 2.75) is 19.0 Å². The van der Waals surface area contributed by atoms with Gasteiger partial charge >= 0.3 is 0 Å². The first-order chi connectivity index (χ1) is 11.9. The minimum atomic E-state index is -0.755. The Morgan fingerprint density at radius 1 is 1.36 bits per heavy atom. The largest absolute Gasteiger partial charge is 0.384 e. The van der Waals surface area contributed by atoms with Crippen LogP contribution in [0.1, 0.15) is 22.6 Å². The van der Waals surface area contributed by atoms with E-state index in [1.807, 2.05) is 11.9 Å². The monoisotopic (exact) mass is 347 g/mol. The number of benzene rings is 1. The SMILES string of the molecule is CN(Cc1nccc(N)n1)[C@@H]1CCN(C(=O)c2cc(F)cc(F)c2)C1. The number of hydrogen-bond donors (Lipinski definition) is 1. The second-order valence-corrected chi connectivity index (χ2v) is 6.16. The lowest BCUT2D eigenvalue weighted by Gasteiger charge is -2.24. The standard InChI is InChI=1S/C17H19F2N5O/c1-23(10-16-21-4-2-15(20)22-16)14-3-5-24(9-14)17(25)11-6-12(18)8-13(19)7-11/h2,4,6-8,14H,3,5,9-10H2,1H3,(H2,20,21,22)/t14-/m1/s1. The maximum absolute atomic E-state index is 13.3. The van der Waals surface area contributed by atoms with Crippen LogP contribution in [0, 0.1) is 11.6 Å². The summed E-state index contributed by atoms with van der Waals surface area (Å²) in [6.07, 6.45) is 2.37. The number of likely N-dealkylation sites (tertiary alicyclic amines) is 1. The van der Waals surface area contributed by atoms with Crippen molar-refractivity contribution in [2.24, 2.45) is 0 Å². The summed E-state index contributed by atoms with van der Waals surface area (Å²) in [4.78, 5) is 24.5. The number of rotatable bonds is 4. The first-order valence-electron chi connectivity index (χ1n) is 7.95. The van der Waals surface area contributed by atoms with Crippen molar-refractivity contribution in [1.29, 1.82) is 0 Å². The molecule has 0 saturated carbocycles. The zero-order valence-corrected chi connectivity index (χ0v) is 13.8. The molecule has 1 aromatic carbocycles. The van der Waals surface area contributed by atoms with Crippen LogP contribution in [-0.2, 0) is 6.54 Å². The van der Waals surface area contributed by atoms with Crippen LogP contribution in [0.25, 0.3) is 0 Å². The molecule has 2 aromatic rings. The van der Waals surface area contributed by atoms with E-state index in [9.17, 15) is 13.6 Å². The number of halogens is 2. The number of aromatic nitrogens is 2. The highest BCUT2D eigenvalue weighted by atomic mass is 19.1. The number of nitrogen functional groups attached to an aromatic ring is 1. The molecule has 0 aliphatic carbocycles. The Morgan fingerprint density at radius 3 is 2.76 bits per heavy atom. The summed E-state index contributed by atoms with van der Waals surface area (Å²) in [6, 6.07) is 4.61. The zero-order chi connectivity index (χ0) is 18.0. The van der Waals surface area contributed by atoms with Gasteiger partial charge in [0, 0.05) is 37.0 Å². The average molecular weight is 347 g/mol. The van der Waals surface area contributed by atoms with E-state index in [0.29, 0.717) is 31.3 Å². The molecule has 132 valence electrons.